The second-order valence-corrected chi connectivity index (χ2v) is 7.86. The van der Waals surface area contributed by atoms with Crippen molar-refractivity contribution in [3.63, 3.8) is 0 Å². The van der Waals surface area contributed by atoms with Gasteiger partial charge < -0.3 is 11.1 Å². The Morgan fingerprint density at radius 2 is 2.16 bits per heavy atom. The van der Waals surface area contributed by atoms with Gasteiger partial charge in [0.2, 0.25) is 5.91 Å². The minimum Gasteiger partial charge on any atom is -0.375 e. The first-order valence-electron chi connectivity index (χ1n) is 8.21. The van der Waals surface area contributed by atoms with Gasteiger partial charge in [0.1, 0.15) is 0 Å². The van der Waals surface area contributed by atoms with Crippen LogP contribution in [0.2, 0.25) is 5.02 Å². The van der Waals surface area contributed by atoms with Gasteiger partial charge in [-0.2, -0.15) is 0 Å². The minimum atomic E-state index is -0.00166. The average molecular weight is 380 g/mol. The van der Waals surface area contributed by atoms with E-state index >= 15 is 0 Å². The van der Waals surface area contributed by atoms with Gasteiger partial charge in [-0.25, -0.2) is 4.98 Å². The number of piperazine rings is 1. The number of anilines is 2. The van der Waals surface area contributed by atoms with Crippen LogP contribution in [0.1, 0.15) is 11.8 Å². The zero-order valence-electron chi connectivity index (χ0n) is 14.1. The number of nitrogen functional groups attached to an aromatic ring is 1. The summed E-state index contributed by atoms with van der Waals surface area (Å²) in [6, 6.07) is 7.53. The SMILES string of the molecule is C[C@@H]1CN(CC(=O)Nc2ccc(Cl)cc2)CCN1Cc1cnc(N)s1. The van der Waals surface area contributed by atoms with E-state index in [0.717, 1.165) is 31.9 Å². The summed E-state index contributed by atoms with van der Waals surface area (Å²) in [5.41, 5.74) is 6.46. The maximum atomic E-state index is 12.2. The van der Waals surface area contributed by atoms with Crippen LogP contribution in [0.25, 0.3) is 0 Å². The molecule has 1 aliphatic heterocycles. The van der Waals surface area contributed by atoms with Gasteiger partial charge in [0.15, 0.2) is 5.13 Å². The van der Waals surface area contributed by atoms with E-state index in [0.29, 0.717) is 22.7 Å². The second kappa shape index (κ2) is 8.14. The van der Waals surface area contributed by atoms with Crippen LogP contribution in [0.5, 0.6) is 0 Å². The Hall–Kier alpha value is -1.67. The molecule has 1 aromatic heterocycles. The van der Waals surface area contributed by atoms with Crippen molar-refractivity contribution in [1.29, 1.82) is 0 Å². The standard InChI is InChI=1S/C17H22ClN5OS/c1-12-9-22(6-7-23(12)10-15-8-20-17(19)25-15)11-16(24)21-14-4-2-13(18)3-5-14/h2-5,8,12H,6-7,9-11H2,1H3,(H2,19,20)(H,21,24)/t12-/m1/s1. The number of aromatic nitrogens is 1. The Labute approximate surface area is 156 Å². The average Bonchev–Trinajstić information content (AvgIpc) is 2.97. The number of rotatable bonds is 5. The molecule has 1 aromatic carbocycles. The van der Waals surface area contributed by atoms with Gasteiger partial charge in [0.05, 0.1) is 6.54 Å². The lowest BCUT2D eigenvalue weighted by Crippen LogP contribution is -2.52. The van der Waals surface area contributed by atoms with Gasteiger partial charge >= 0.3 is 0 Å². The Balaban J connectivity index is 1.47. The molecule has 3 N–H and O–H groups in total. The molecular weight excluding hydrogens is 358 g/mol. The van der Waals surface area contributed by atoms with Gasteiger partial charge in [-0.15, -0.1) is 11.3 Å². The third-order valence-corrected chi connectivity index (χ3v) is 5.34. The Kier molecular flexibility index (Phi) is 5.90. The Morgan fingerprint density at radius 1 is 1.40 bits per heavy atom. The quantitative estimate of drug-likeness (QED) is 0.835. The van der Waals surface area contributed by atoms with E-state index in [9.17, 15) is 4.79 Å². The molecule has 0 aliphatic carbocycles. The molecule has 6 nitrogen and oxygen atoms in total. The zero-order chi connectivity index (χ0) is 17.8. The highest BCUT2D eigenvalue weighted by molar-refractivity contribution is 7.15. The first-order chi connectivity index (χ1) is 12.0. The van der Waals surface area contributed by atoms with Crippen LogP contribution in [0.3, 0.4) is 0 Å². The number of halogens is 1. The largest absolute Gasteiger partial charge is 0.375 e. The summed E-state index contributed by atoms with van der Waals surface area (Å²) >= 11 is 7.39. The number of carbonyl (C=O) groups excluding carboxylic acids is 1. The summed E-state index contributed by atoms with van der Waals surface area (Å²) in [6.07, 6.45) is 1.85. The molecule has 3 rings (SSSR count). The number of nitrogens with one attached hydrogen (secondary N) is 1. The van der Waals surface area contributed by atoms with Crippen molar-refractivity contribution in [3.8, 4) is 0 Å². The highest BCUT2D eigenvalue weighted by Crippen LogP contribution is 2.20. The zero-order valence-corrected chi connectivity index (χ0v) is 15.7. The fourth-order valence-electron chi connectivity index (χ4n) is 2.98. The van der Waals surface area contributed by atoms with Crippen LogP contribution < -0.4 is 11.1 Å². The number of amides is 1. The van der Waals surface area contributed by atoms with Crippen LogP contribution in [0.4, 0.5) is 10.8 Å². The van der Waals surface area contributed by atoms with Crippen LogP contribution in [0, 0.1) is 0 Å². The number of carbonyl (C=O) groups is 1. The number of benzene rings is 1. The van der Waals surface area contributed by atoms with Crippen molar-refractivity contribution >= 4 is 39.7 Å². The van der Waals surface area contributed by atoms with E-state index in [4.69, 9.17) is 17.3 Å². The lowest BCUT2D eigenvalue weighted by atomic mass is 10.2. The number of thiazole rings is 1. The van der Waals surface area contributed by atoms with E-state index in [1.807, 2.05) is 18.3 Å². The van der Waals surface area contributed by atoms with Crippen LogP contribution in [-0.4, -0.2) is 52.9 Å². The predicted octanol–water partition coefficient (Wildman–Crippen LogP) is 2.52. The van der Waals surface area contributed by atoms with Gasteiger partial charge in [-0.3, -0.25) is 14.6 Å². The molecule has 0 unspecified atom stereocenters. The summed E-state index contributed by atoms with van der Waals surface area (Å²) in [4.78, 5) is 22.1. The summed E-state index contributed by atoms with van der Waals surface area (Å²) in [5, 5.41) is 4.18. The summed E-state index contributed by atoms with van der Waals surface area (Å²) in [6.45, 7) is 6.10. The van der Waals surface area contributed by atoms with Crippen LogP contribution >= 0.6 is 22.9 Å². The molecule has 0 bridgehead atoms. The molecule has 134 valence electrons. The molecule has 1 aliphatic rings. The second-order valence-electron chi connectivity index (χ2n) is 6.27. The van der Waals surface area contributed by atoms with Crippen molar-refractivity contribution in [2.75, 3.05) is 37.2 Å². The van der Waals surface area contributed by atoms with E-state index in [2.05, 4.69) is 27.0 Å². The van der Waals surface area contributed by atoms with E-state index in [1.54, 1.807) is 12.1 Å². The molecule has 1 fully saturated rings. The fraction of sp³-hybridized carbons (Fsp3) is 0.412. The third kappa shape index (κ3) is 5.15. The molecule has 1 saturated heterocycles. The van der Waals surface area contributed by atoms with Gasteiger partial charge in [-0.1, -0.05) is 11.6 Å². The molecule has 0 radical (unpaired) electrons. The van der Waals surface area contributed by atoms with E-state index in [-0.39, 0.29) is 5.91 Å². The molecule has 0 saturated carbocycles. The molecule has 2 aromatic rings. The lowest BCUT2D eigenvalue weighted by molar-refractivity contribution is -0.118. The maximum absolute atomic E-state index is 12.2. The molecule has 2 heterocycles. The van der Waals surface area contributed by atoms with Crippen molar-refractivity contribution < 1.29 is 4.79 Å². The number of hydrogen-bond donors (Lipinski definition) is 2. The molecule has 1 amide bonds. The summed E-state index contributed by atoms with van der Waals surface area (Å²) in [5.74, 6) is -0.00166. The number of nitrogens with zero attached hydrogens (tertiary/aromatic N) is 3. The van der Waals surface area contributed by atoms with E-state index < -0.39 is 0 Å². The predicted molar refractivity (Wildman–Crippen MR) is 103 cm³/mol. The summed E-state index contributed by atoms with van der Waals surface area (Å²) in [7, 11) is 0. The van der Waals surface area contributed by atoms with Crippen molar-refractivity contribution in [2.45, 2.75) is 19.5 Å². The van der Waals surface area contributed by atoms with Gasteiger partial charge in [-0.05, 0) is 31.2 Å². The highest BCUT2D eigenvalue weighted by atomic mass is 35.5. The molecule has 8 heteroatoms. The fourth-order valence-corrected chi connectivity index (χ4v) is 3.82. The van der Waals surface area contributed by atoms with Crippen molar-refractivity contribution in [3.05, 3.63) is 40.4 Å². The molecule has 1 atom stereocenters. The highest BCUT2D eigenvalue weighted by Gasteiger charge is 2.25. The molecular formula is C17H22ClN5OS. The smallest absolute Gasteiger partial charge is 0.238 e. The molecule has 25 heavy (non-hydrogen) atoms. The summed E-state index contributed by atoms with van der Waals surface area (Å²) < 4.78 is 0. The first-order valence-corrected chi connectivity index (χ1v) is 9.41. The van der Waals surface area contributed by atoms with Gasteiger partial charge in [0.25, 0.3) is 0 Å². The minimum absolute atomic E-state index is 0.00166. The van der Waals surface area contributed by atoms with Gasteiger partial charge in [0, 0.05) is 54.0 Å². The van der Waals surface area contributed by atoms with Crippen molar-refractivity contribution in [1.82, 2.24) is 14.8 Å². The number of nitrogens with two attached hydrogens (primary N) is 1. The Bertz CT molecular complexity index is 720. The third-order valence-electron chi connectivity index (χ3n) is 4.27. The van der Waals surface area contributed by atoms with Crippen LogP contribution in [-0.2, 0) is 11.3 Å². The lowest BCUT2D eigenvalue weighted by Gasteiger charge is -2.39. The normalized spacial score (nSPS) is 19.0. The number of hydrogen-bond acceptors (Lipinski definition) is 6. The van der Waals surface area contributed by atoms with Crippen molar-refractivity contribution in [2.24, 2.45) is 0 Å². The first kappa shape index (κ1) is 18.1. The monoisotopic (exact) mass is 379 g/mol. The maximum Gasteiger partial charge on any atom is 0.238 e. The van der Waals surface area contributed by atoms with Crippen LogP contribution in [0.15, 0.2) is 30.5 Å². The Morgan fingerprint density at radius 3 is 2.80 bits per heavy atom. The topological polar surface area (TPSA) is 74.5 Å². The van der Waals surface area contributed by atoms with E-state index in [1.165, 1.54) is 16.2 Å². The molecule has 0 spiro atoms.